The first kappa shape index (κ1) is 11.1. The van der Waals surface area contributed by atoms with E-state index >= 15 is 0 Å². The van der Waals surface area contributed by atoms with E-state index in [0.717, 1.165) is 12.2 Å². The minimum atomic E-state index is 0.109. The van der Waals surface area contributed by atoms with Crippen LogP contribution in [0.5, 0.6) is 5.88 Å². The maximum absolute atomic E-state index is 5.96. The Labute approximate surface area is 95.4 Å². The Hall–Kier alpha value is -1.36. The van der Waals surface area contributed by atoms with Crippen LogP contribution in [-0.4, -0.2) is 29.2 Å². The van der Waals surface area contributed by atoms with Crippen molar-refractivity contribution in [2.45, 2.75) is 32.4 Å². The summed E-state index contributed by atoms with van der Waals surface area (Å²) in [5, 5.41) is 3.36. The van der Waals surface area contributed by atoms with Gasteiger partial charge in [0.2, 0.25) is 5.88 Å². The highest BCUT2D eigenvalue weighted by Crippen LogP contribution is 2.40. The van der Waals surface area contributed by atoms with Crippen LogP contribution in [0, 0.1) is 5.41 Å². The lowest BCUT2D eigenvalue weighted by atomic mass is 9.63. The summed E-state index contributed by atoms with van der Waals surface area (Å²) in [4.78, 5) is 8.12. The van der Waals surface area contributed by atoms with E-state index in [-0.39, 0.29) is 11.5 Å². The van der Waals surface area contributed by atoms with Crippen molar-refractivity contribution >= 4 is 5.82 Å². The number of ether oxygens (including phenoxy) is 1. The first-order valence-electron chi connectivity index (χ1n) is 5.42. The van der Waals surface area contributed by atoms with E-state index in [1.165, 1.54) is 6.33 Å². The van der Waals surface area contributed by atoms with Crippen LogP contribution in [0.3, 0.4) is 0 Å². The second kappa shape index (κ2) is 3.90. The number of anilines is 1. The lowest BCUT2D eigenvalue weighted by molar-refractivity contribution is 0.117. The molecule has 0 aliphatic heterocycles. The van der Waals surface area contributed by atoms with Gasteiger partial charge in [0.05, 0.1) is 7.11 Å². The van der Waals surface area contributed by atoms with Gasteiger partial charge in [-0.1, -0.05) is 13.8 Å². The van der Waals surface area contributed by atoms with E-state index in [1.54, 1.807) is 13.2 Å². The molecule has 1 saturated carbocycles. The van der Waals surface area contributed by atoms with Gasteiger partial charge in [-0.25, -0.2) is 9.97 Å². The Kier molecular flexibility index (Phi) is 2.71. The van der Waals surface area contributed by atoms with Crippen LogP contribution < -0.4 is 15.8 Å². The highest BCUT2D eigenvalue weighted by atomic mass is 16.5. The van der Waals surface area contributed by atoms with Gasteiger partial charge in [-0.15, -0.1) is 0 Å². The van der Waals surface area contributed by atoms with Gasteiger partial charge in [0.1, 0.15) is 12.1 Å². The molecule has 2 unspecified atom stereocenters. The van der Waals surface area contributed by atoms with Crippen LogP contribution in [-0.2, 0) is 0 Å². The second-order valence-electron chi connectivity index (χ2n) is 4.81. The number of methoxy groups -OCH3 is 1. The molecule has 0 bridgehead atoms. The largest absolute Gasteiger partial charge is 0.481 e. The average molecular weight is 222 g/mol. The molecule has 0 aromatic carbocycles. The third-order valence-electron chi connectivity index (χ3n) is 3.52. The number of hydrogen-bond donors (Lipinski definition) is 2. The molecule has 0 amide bonds. The third kappa shape index (κ3) is 1.82. The standard InChI is InChI=1S/C11H18N4O/c1-11(2)7(12)4-8(11)15-9-5-10(16-3)14-6-13-9/h5-8H,4,12H2,1-3H3,(H,13,14,15). The van der Waals surface area contributed by atoms with Crippen LogP contribution in [0.2, 0.25) is 0 Å². The van der Waals surface area contributed by atoms with Crippen molar-refractivity contribution in [1.82, 2.24) is 9.97 Å². The molecule has 2 rings (SSSR count). The molecule has 1 aromatic heterocycles. The fraction of sp³-hybridized carbons (Fsp3) is 0.636. The highest BCUT2D eigenvalue weighted by Gasteiger charge is 2.46. The van der Waals surface area contributed by atoms with E-state index in [1.807, 2.05) is 0 Å². The van der Waals surface area contributed by atoms with E-state index in [9.17, 15) is 0 Å². The molecule has 1 aromatic rings. The first-order valence-corrected chi connectivity index (χ1v) is 5.42. The molecule has 0 radical (unpaired) electrons. The van der Waals surface area contributed by atoms with Gasteiger partial charge in [-0.3, -0.25) is 0 Å². The topological polar surface area (TPSA) is 73.1 Å². The summed E-state index contributed by atoms with van der Waals surface area (Å²) in [6.07, 6.45) is 2.46. The first-order chi connectivity index (χ1) is 7.54. The second-order valence-corrected chi connectivity index (χ2v) is 4.81. The van der Waals surface area contributed by atoms with Gasteiger partial charge in [0.25, 0.3) is 0 Å². The Morgan fingerprint density at radius 1 is 1.50 bits per heavy atom. The zero-order chi connectivity index (χ0) is 11.8. The quantitative estimate of drug-likeness (QED) is 0.799. The number of nitrogens with one attached hydrogen (secondary N) is 1. The highest BCUT2D eigenvalue weighted by molar-refractivity contribution is 5.40. The van der Waals surface area contributed by atoms with Crippen LogP contribution in [0.4, 0.5) is 5.82 Å². The number of aromatic nitrogens is 2. The van der Waals surface area contributed by atoms with Crippen LogP contribution >= 0.6 is 0 Å². The normalized spacial score (nSPS) is 27.0. The fourth-order valence-electron chi connectivity index (χ4n) is 1.91. The minimum Gasteiger partial charge on any atom is -0.481 e. The van der Waals surface area contributed by atoms with Gasteiger partial charge < -0.3 is 15.8 Å². The molecule has 88 valence electrons. The maximum Gasteiger partial charge on any atom is 0.218 e. The summed E-state index contributed by atoms with van der Waals surface area (Å²) in [6.45, 7) is 4.33. The molecule has 5 heteroatoms. The molecule has 0 saturated heterocycles. The van der Waals surface area contributed by atoms with Crippen molar-refractivity contribution in [1.29, 1.82) is 0 Å². The van der Waals surface area contributed by atoms with Crippen LogP contribution in [0.1, 0.15) is 20.3 Å². The summed E-state index contributed by atoms with van der Waals surface area (Å²) in [6, 6.07) is 2.41. The van der Waals surface area contributed by atoms with Crippen molar-refractivity contribution in [2.24, 2.45) is 11.1 Å². The summed E-state index contributed by atoms with van der Waals surface area (Å²) in [5.41, 5.74) is 6.07. The number of hydrogen-bond acceptors (Lipinski definition) is 5. The summed E-state index contributed by atoms with van der Waals surface area (Å²) in [5.74, 6) is 1.36. The molecule has 1 aliphatic carbocycles. The van der Waals surface area contributed by atoms with Crippen molar-refractivity contribution in [2.75, 3.05) is 12.4 Å². The van der Waals surface area contributed by atoms with Crippen LogP contribution in [0.25, 0.3) is 0 Å². The molecular weight excluding hydrogens is 204 g/mol. The Bertz CT molecular complexity index is 380. The van der Waals surface area contributed by atoms with Gasteiger partial charge in [-0.05, 0) is 6.42 Å². The number of rotatable bonds is 3. The maximum atomic E-state index is 5.96. The Morgan fingerprint density at radius 2 is 2.25 bits per heavy atom. The summed E-state index contributed by atoms with van der Waals surface area (Å²) < 4.78 is 5.05. The van der Waals surface area contributed by atoms with Gasteiger partial charge in [-0.2, -0.15) is 0 Å². The Morgan fingerprint density at radius 3 is 2.81 bits per heavy atom. The van der Waals surface area contributed by atoms with E-state index in [0.29, 0.717) is 11.9 Å². The molecule has 16 heavy (non-hydrogen) atoms. The van der Waals surface area contributed by atoms with E-state index in [4.69, 9.17) is 10.5 Å². The van der Waals surface area contributed by atoms with Gasteiger partial charge in [0.15, 0.2) is 0 Å². The van der Waals surface area contributed by atoms with E-state index in [2.05, 4.69) is 29.1 Å². The molecule has 2 atom stereocenters. The predicted octanol–water partition coefficient (Wildman–Crippen LogP) is 1.02. The number of nitrogens with two attached hydrogens (primary N) is 1. The summed E-state index contributed by atoms with van der Waals surface area (Å²) in [7, 11) is 1.59. The van der Waals surface area contributed by atoms with Gasteiger partial charge in [0, 0.05) is 23.6 Å². The molecule has 3 N–H and O–H groups in total. The minimum absolute atomic E-state index is 0.109. The molecular formula is C11H18N4O. The zero-order valence-corrected chi connectivity index (χ0v) is 9.90. The fourth-order valence-corrected chi connectivity index (χ4v) is 1.91. The van der Waals surface area contributed by atoms with Crippen molar-refractivity contribution in [3.8, 4) is 5.88 Å². The molecule has 0 spiro atoms. The summed E-state index contributed by atoms with van der Waals surface area (Å²) >= 11 is 0. The zero-order valence-electron chi connectivity index (χ0n) is 9.90. The van der Waals surface area contributed by atoms with Crippen molar-refractivity contribution < 1.29 is 4.74 Å². The monoisotopic (exact) mass is 222 g/mol. The molecule has 5 nitrogen and oxygen atoms in total. The molecule has 1 aliphatic rings. The van der Waals surface area contributed by atoms with E-state index < -0.39 is 0 Å². The average Bonchev–Trinajstić information content (AvgIpc) is 2.29. The third-order valence-corrected chi connectivity index (χ3v) is 3.52. The predicted molar refractivity (Wildman–Crippen MR) is 62.4 cm³/mol. The molecule has 1 fully saturated rings. The lowest BCUT2D eigenvalue weighted by Crippen LogP contribution is -2.61. The lowest BCUT2D eigenvalue weighted by Gasteiger charge is -2.50. The number of nitrogens with zero attached hydrogens (tertiary/aromatic N) is 2. The SMILES string of the molecule is COc1cc(NC2CC(N)C2(C)C)ncn1. The van der Waals surface area contributed by atoms with Gasteiger partial charge >= 0.3 is 0 Å². The molecule has 1 heterocycles. The smallest absolute Gasteiger partial charge is 0.218 e. The Balaban J connectivity index is 2.05. The van der Waals surface area contributed by atoms with Crippen molar-refractivity contribution in [3.05, 3.63) is 12.4 Å². The van der Waals surface area contributed by atoms with Crippen LogP contribution in [0.15, 0.2) is 12.4 Å². The van der Waals surface area contributed by atoms with Crippen molar-refractivity contribution in [3.63, 3.8) is 0 Å².